The first kappa shape index (κ1) is 20.5. The molecule has 160 valence electrons. The molecule has 30 heavy (non-hydrogen) atoms. The highest BCUT2D eigenvalue weighted by Crippen LogP contribution is 2.42. The molecule has 1 saturated heterocycles. The van der Waals surface area contributed by atoms with Gasteiger partial charge < -0.3 is 44.8 Å². The molecule has 9 nitrogen and oxygen atoms in total. The van der Waals surface area contributed by atoms with Crippen molar-refractivity contribution in [2.24, 2.45) is 0 Å². The van der Waals surface area contributed by atoms with Crippen molar-refractivity contribution in [1.29, 1.82) is 0 Å². The van der Waals surface area contributed by atoms with Crippen LogP contribution in [-0.2, 0) is 4.74 Å². The summed E-state index contributed by atoms with van der Waals surface area (Å²) in [6.07, 6.45) is -4.17. The molecule has 6 atom stereocenters. The molecule has 6 N–H and O–H groups in total. The number of aliphatic hydroxyl groups is 4. The van der Waals surface area contributed by atoms with Crippen LogP contribution in [0.2, 0.25) is 0 Å². The van der Waals surface area contributed by atoms with Crippen molar-refractivity contribution in [3.8, 4) is 23.0 Å². The first-order chi connectivity index (χ1) is 14.4. The number of ether oxygens (including phenoxy) is 3. The predicted molar refractivity (Wildman–Crippen MR) is 103 cm³/mol. The van der Waals surface area contributed by atoms with Crippen LogP contribution in [0.15, 0.2) is 42.5 Å². The summed E-state index contributed by atoms with van der Waals surface area (Å²) < 4.78 is 17.0. The standard InChI is InChI=1S/C21H22O9/c22-9-17-18(25)19(26)20(27)21(30-17)29-16-8-12(24)7-15-13(16)5-6-14(28-15)10-1-3-11(23)4-2-10/h1-8,14,17-27H,9H2/t14?,17-,18-,19+,20-,21-/m1/s1. The van der Waals surface area contributed by atoms with Crippen molar-refractivity contribution in [2.75, 3.05) is 6.61 Å². The smallest absolute Gasteiger partial charge is 0.229 e. The third-order valence-electron chi connectivity index (χ3n) is 5.09. The third kappa shape index (κ3) is 3.81. The van der Waals surface area contributed by atoms with Gasteiger partial charge in [0, 0.05) is 12.1 Å². The Morgan fingerprint density at radius 2 is 1.63 bits per heavy atom. The largest absolute Gasteiger partial charge is 0.508 e. The van der Waals surface area contributed by atoms with E-state index in [1.807, 2.05) is 0 Å². The average molecular weight is 418 g/mol. The second kappa shape index (κ2) is 8.13. The molecule has 1 unspecified atom stereocenters. The van der Waals surface area contributed by atoms with Crippen LogP contribution in [0.25, 0.3) is 6.08 Å². The highest BCUT2D eigenvalue weighted by Gasteiger charge is 2.45. The average Bonchev–Trinajstić information content (AvgIpc) is 2.74. The Kier molecular flexibility index (Phi) is 5.54. The summed E-state index contributed by atoms with van der Waals surface area (Å²) in [4.78, 5) is 0. The summed E-state index contributed by atoms with van der Waals surface area (Å²) in [5.41, 5.74) is 1.26. The lowest BCUT2D eigenvalue weighted by Crippen LogP contribution is -2.60. The van der Waals surface area contributed by atoms with E-state index >= 15 is 0 Å². The second-order valence-corrected chi connectivity index (χ2v) is 7.16. The van der Waals surface area contributed by atoms with Gasteiger partial charge in [0.2, 0.25) is 6.29 Å². The topological polar surface area (TPSA) is 149 Å². The maximum absolute atomic E-state index is 10.2. The fourth-order valence-electron chi connectivity index (χ4n) is 3.44. The molecule has 0 radical (unpaired) electrons. The van der Waals surface area contributed by atoms with E-state index in [2.05, 4.69) is 0 Å². The number of phenolic OH excluding ortho intramolecular Hbond substituents is 2. The molecular weight excluding hydrogens is 396 g/mol. The van der Waals surface area contributed by atoms with Gasteiger partial charge in [0.05, 0.1) is 12.2 Å². The van der Waals surface area contributed by atoms with E-state index in [-0.39, 0.29) is 17.2 Å². The Bertz CT molecular complexity index is 925. The molecule has 2 aromatic rings. The van der Waals surface area contributed by atoms with Crippen LogP contribution in [0, 0.1) is 0 Å². The molecule has 2 aromatic carbocycles. The number of hydrogen-bond donors (Lipinski definition) is 6. The van der Waals surface area contributed by atoms with E-state index in [0.29, 0.717) is 11.3 Å². The van der Waals surface area contributed by atoms with Crippen LogP contribution >= 0.6 is 0 Å². The van der Waals surface area contributed by atoms with Crippen molar-refractivity contribution in [2.45, 2.75) is 36.8 Å². The van der Waals surface area contributed by atoms with Crippen molar-refractivity contribution >= 4 is 6.08 Å². The minimum Gasteiger partial charge on any atom is -0.508 e. The second-order valence-electron chi connectivity index (χ2n) is 7.16. The lowest BCUT2D eigenvalue weighted by atomic mass is 9.99. The van der Waals surface area contributed by atoms with Gasteiger partial charge in [-0.1, -0.05) is 12.1 Å². The van der Waals surface area contributed by atoms with Crippen molar-refractivity contribution in [1.82, 2.24) is 0 Å². The Hall–Kier alpha value is -2.82. The molecule has 2 aliphatic heterocycles. The molecule has 0 spiro atoms. The zero-order valence-corrected chi connectivity index (χ0v) is 15.7. The quantitative estimate of drug-likeness (QED) is 0.415. The Balaban J connectivity index is 1.59. The van der Waals surface area contributed by atoms with E-state index in [1.165, 1.54) is 24.3 Å². The molecule has 1 fully saturated rings. The van der Waals surface area contributed by atoms with Gasteiger partial charge in [-0.2, -0.15) is 0 Å². The van der Waals surface area contributed by atoms with E-state index in [9.17, 15) is 30.6 Å². The SMILES string of the molecule is OC[C@H]1O[C@@H](Oc2cc(O)cc3c2C=CC(c2ccc(O)cc2)O3)[C@H](O)[C@@H](O)[C@@H]1O. The zero-order valence-electron chi connectivity index (χ0n) is 15.7. The lowest BCUT2D eigenvalue weighted by molar-refractivity contribution is -0.277. The number of aliphatic hydroxyl groups excluding tert-OH is 4. The van der Waals surface area contributed by atoms with E-state index in [4.69, 9.17) is 14.2 Å². The highest BCUT2D eigenvalue weighted by molar-refractivity contribution is 5.68. The van der Waals surface area contributed by atoms with Crippen LogP contribution in [-0.4, -0.2) is 68.0 Å². The maximum atomic E-state index is 10.2. The Labute approximate surface area is 171 Å². The predicted octanol–water partition coefficient (Wildman–Crippen LogP) is 0.423. The van der Waals surface area contributed by atoms with E-state index < -0.39 is 43.4 Å². The van der Waals surface area contributed by atoms with Gasteiger partial charge in [-0.3, -0.25) is 0 Å². The van der Waals surface area contributed by atoms with E-state index in [0.717, 1.165) is 5.56 Å². The van der Waals surface area contributed by atoms with Crippen LogP contribution in [0.5, 0.6) is 23.0 Å². The monoisotopic (exact) mass is 418 g/mol. The summed E-state index contributed by atoms with van der Waals surface area (Å²) in [6, 6.07) is 9.21. The third-order valence-corrected chi connectivity index (χ3v) is 5.09. The fourth-order valence-corrected chi connectivity index (χ4v) is 3.44. The fraction of sp³-hybridized carbons (Fsp3) is 0.333. The van der Waals surface area contributed by atoms with Gasteiger partial charge in [0.15, 0.2) is 0 Å². The minimum absolute atomic E-state index is 0.120. The molecule has 4 rings (SSSR count). The van der Waals surface area contributed by atoms with Gasteiger partial charge in [-0.25, -0.2) is 0 Å². The highest BCUT2D eigenvalue weighted by atomic mass is 16.7. The summed E-state index contributed by atoms with van der Waals surface area (Å²) in [5.74, 6) is 0.407. The number of benzene rings is 2. The van der Waals surface area contributed by atoms with Crippen molar-refractivity contribution in [3.05, 3.63) is 53.6 Å². The molecule has 9 heteroatoms. The van der Waals surface area contributed by atoms with Gasteiger partial charge in [-0.05, 0) is 29.8 Å². The number of rotatable bonds is 4. The first-order valence-electron chi connectivity index (χ1n) is 9.35. The molecular formula is C21H22O9. The number of hydrogen-bond acceptors (Lipinski definition) is 9. The number of fused-ring (bicyclic) bond motifs is 1. The molecule has 0 aliphatic carbocycles. The molecule has 0 aromatic heterocycles. The Morgan fingerprint density at radius 1 is 0.900 bits per heavy atom. The molecule has 2 aliphatic rings. The summed E-state index contributed by atoms with van der Waals surface area (Å²) in [6.45, 7) is -0.583. The van der Waals surface area contributed by atoms with Gasteiger partial charge >= 0.3 is 0 Å². The van der Waals surface area contributed by atoms with Crippen LogP contribution in [0.4, 0.5) is 0 Å². The van der Waals surface area contributed by atoms with E-state index in [1.54, 1.807) is 24.3 Å². The summed E-state index contributed by atoms with van der Waals surface area (Å²) >= 11 is 0. The zero-order chi connectivity index (χ0) is 21.4. The summed E-state index contributed by atoms with van der Waals surface area (Å²) in [5, 5.41) is 58.9. The normalized spacial score (nSPS) is 30.4. The van der Waals surface area contributed by atoms with Crippen LogP contribution in [0.3, 0.4) is 0 Å². The van der Waals surface area contributed by atoms with Crippen LogP contribution in [0.1, 0.15) is 17.2 Å². The first-order valence-corrected chi connectivity index (χ1v) is 9.35. The lowest BCUT2D eigenvalue weighted by Gasteiger charge is -2.39. The van der Waals surface area contributed by atoms with Gasteiger partial charge in [0.25, 0.3) is 0 Å². The molecule has 0 saturated carbocycles. The van der Waals surface area contributed by atoms with Crippen LogP contribution < -0.4 is 9.47 Å². The minimum atomic E-state index is -1.58. The molecule has 0 amide bonds. The van der Waals surface area contributed by atoms with Gasteiger partial charge in [-0.15, -0.1) is 0 Å². The van der Waals surface area contributed by atoms with Crippen molar-refractivity contribution < 1.29 is 44.8 Å². The van der Waals surface area contributed by atoms with Gasteiger partial charge in [0.1, 0.15) is 53.5 Å². The number of phenols is 2. The maximum Gasteiger partial charge on any atom is 0.229 e. The summed E-state index contributed by atoms with van der Waals surface area (Å²) in [7, 11) is 0. The van der Waals surface area contributed by atoms with Crippen molar-refractivity contribution in [3.63, 3.8) is 0 Å². The number of aromatic hydroxyl groups is 2. The Morgan fingerprint density at radius 3 is 2.33 bits per heavy atom. The molecule has 0 bridgehead atoms. The molecule has 2 heterocycles.